The summed E-state index contributed by atoms with van der Waals surface area (Å²) in [6.07, 6.45) is 0.377. The summed E-state index contributed by atoms with van der Waals surface area (Å²) in [5, 5.41) is 6.68. The summed E-state index contributed by atoms with van der Waals surface area (Å²) in [6.45, 7) is 1.99. The average molecular weight is 393 g/mol. The van der Waals surface area contributed by atoms with Crippen molar-refractivity contribution in [1.82, 2.24) is 24.8 Å². The van der Waals surface area contributed by atoms with Gasteiger partial charge in [-0.2, -0.15) is 13.2 Å². The van der Waals surface area contributed by atoms with Gasteiger partial charge in [0.2, 0.25) is 5.91 Å². The van der Waals surface area contributed by atoms with Gasteiger partial charge in [-0.3, -0.25) is 14.6 Å². The van der Waals surface area contributed by atoms with E-state index in [2.05, 4.69) is 10.1 Å². The number of amides is 2. The maximum atomic E-state index is 13.0. The van der Waals surface area contributed by atoms with Crippen LogP contribution in [-0.2, 0) is 15.8 Å². The molecular weight excluding hydrogens is 375 g/mol. The van der Waals surface area contributed by atoms with Crippen molar-refractivity contribution in [1.29, 1.82) is 0 Å². The third-order valence-electron chi connectivity index (χ3n) is 4.28. The van der Waals surface area contributed by atoms with E-state index in [1.807, 2.05) is 0 Å². The number of benzene rings is 1. The topological polar surface area (TPSA) is 71.3 Å². The van der Waals surface area contributed by atoms with Gasteiger partial charge in [0.1, 0.15) is 6.33 Å². The molecule has 0 bridgehead atoms. The predicted octanol–water partition coefficient (Wildman–Crippen LogP) is 2.74. The molecule has 1 aromatic carbocycles. The molecule has 3 rings (SSSR count). The van der Waals surface area contributed by atoms with E-state index in [4.69, 9.17) is 0 Å². The highest BCUT2D eigenvalue weighted by Crippen LogP contribution is 2.32. The Bertz CT molecular complexity index is 936. The van der Waals surface area contributed by atoms with Gasteiger partial charge in [-0.25, -0.2) is 14.7 Å². The first kappa shape index (κ1) is 19.6. The van der Waals surface area contributed by atoms with Gasteiger partial charge in [-0.05, 0) is 37.1 Å². The van der Waals surface area contributed by atoms with Gasteiger partial charge in [0.25, 0.3) is 5.91 Å². The van der Waals surface area contributed by atoms with Crippen molar-refractivity contribution in [3.8, 4) is 11.4 Å². The molecule has 28 heavy (non-hydrogen) atoms. The van der Waals surface area contributed by atoms with Crippen LogP contribution in [0.1, 0.15) is 24.0 Å². The maximum Gasteiger partial charge on any atom is 0.416 e. The lowest BCUT2D eigenvalue weighted by atomic mass is 10.1. The fraction of sp³-hybridized carbons (Fsp3) is 0.333. The van der Waals surface area contributed by atoms with Crippen LogP contribution in [0, 0.1) is 6.92 Å². The number of alkyl halides is 3. The predicted molar refractivity (Wildman–Crippen MR) is 94.2 cm³/mol. The molecule has 10 heteroatoms. The number of hydrazine groups is 1. The summed E-state index contributed by atoms with van der Waals surface area (Å²) in [5.41, 5.74) is -0.112. The molecule has 1 aromatic heterocycles. The Balaban J connectivity index is 1.78. The molecular formula is C18H18F3N5O2. The van der Waals surface area contributed by atoms with Crippen LogP contribution in [0.25, 0.3) is 17.6 Å². The molecule has 1 aliphatic rings. The summed E-state index contributed by atoms with van der Waals surface area (Å²) in [4.78, 5) is 27.9. The van der Waals surface area contributed by atoms with Gasteiger partial charge < -0.3 is 0 Å². The molecule has 0 atom stereocenters. The van der Waals surface area contributed by atoms with Crippen molar-refractivity contribution in [2.75, 3.05) is 13.6 Å². The van der Waals surface area contributed by atoms with Crippen LogP contribution < -0.4 is 0 Å². The summed E-state index contributed by atoms with van der Waals surface area (Å²) < 4.78 is 40.2. The second kappa shape index (κ2) is 7.45. The van der Waals surface area contributed by atoms with Crippen LogP contribution in [0.3, 0.4) is 0 Å². The van der Waals surface area contributed by atoms with Crippen LogP contribution in [0.4, 0.5) is 13.2 Å². The molecule has 2 heterocycles. The number of carbonyl (C=O) groups is 2. The Morgan fingerprint density at radius 2 is 2.00 bits per heavy atom. The molecule has 7 nitrogen and oxygen atoms in total. The standard InChI is InChI=1S/C18H18F3N5O2/c1-12-8-13(10-14(9-12)18(19,20)21)17-22-11-25(23-17)7-5-16(28)26-6-3-4-15(27)24(26)2/h5,7-11H,3-4,6H2,1-2H3/b7-5-. The van der Waals surface area contributed by atoms with Gasteiger partial charge in [0.05, 0.1) is 5.56 Å². The lowest BCUT2D eigenvalue weighted by Gasteiger charge is -2.34. The fourth-order valence-corrected chi connectivity index (χ4v) is 2.87. The second-order valence-corrected chi connectivity index (χ2v) is 6.43. The van der Waals surface area contributed by atoms with Crippen LogP contribution in [-0.4, -0.2) is 50.2 Å². The Hall–Kier alpha value is -3.17. The van der Waals surface area contributed by atoms with E-state index in [9.17, 15) is 22.8 Å². The minimum absolute atomic E-state index is 0.108. The summed E-state index contributed by atoms with van der Waals surface area (Å²) in [7, 11) is 1.52. The van der Waals surface area contributed by atoms with Crippen molar-refractivity contribution in [2.45, 2.75) is 25.9 Å². The van der Waals surface area contributed by atoms with Gasteiger partial charge in [-0.1, -0.05) is 0 Å². The van der Waals surface area contributed by atoms with E-state index >= 15 is 0 Å². The first-order chi connectivity index (χ1) is 13.1. The van der Waals surface area contributed by atoms with Gasteiger partial charge in [0, 0.05) is 37.9 Å². The number of hydrogen-bond acceptors (Lipinski definition) is 4. The number of halogens is 3. The minimum atomic E-state index is -4.46. The summed E-state index contributed by atoms with van der Waals surface area (Å²) in [6, 6.07) is 3.59. The number of hydrogen-bond donors (Lipinski definition) is 0. The van der Waals surface area contributed by atoms with E-state index in [1.165, 1.54) is 40.4 Å². The second-order valence-electron chi connectivity index (χ2n) is 6.43. The zero-order valence-electron chi connectivity index (χ0n) is 15.3. The average Bonchev–Trinajstić information content (AvgIpc) is 3.10. The van der Waals surface area contributed by atoms with Crippen molar-refractivity contribution in [3.05, 3.63) is 41.7 Å². The molecule has 0 spiro atoms. The molecule has 148 valence electrons. The van der Waals surface area contributed by atoms with Crippen molar-refractivity contribution in [3.63, 3.8) is 0 Å². The number of aromatic nitrogens is 3. The smallest absolute Gasteiger partial charge is 0.273 e. The van der Waals surface area contributed by atoms with Gasteiger partial charge >= 0.3 is 6.18 Å². The Labute approximate surface area is 159 Å². The van der Waals surface area contributed by atoms with E-state index in [0.29, 0.717) is 24.9 Å². The molecule has 2 amide bonds. The summed E-state index contributed by atoms with van der Waals surface area (Å²) >= 11 is 0. The number of carbonyl (C=O) groups excluding carboxylic acids is 2. The highest BCUT2D eigenvalue weighted by molar-refractivity contribution is 5.92. The van der Waals surface area contributed by atoms with E-state index in [0.717, 1.165) is 12.1 Å². The van der Waals surface area contributed by atoms with Crippen molar-refractivity contribution < 1.29 is 22.8 Å². The molecule has 0 N–H and O–H groups in total. The van der Waals surface area contributed by atoms with Crippen LogP contribution in [0.15, 0.2) is 30.6 Å². The Morgan fingerprint density at radius 3 is 2.71 bits per heavy atom. The van der Waals surface area contributed by atoms with Crippen molar-refractivity contribution in [2.24, 2.45) is 0 Å². The number of aryl methyl sites for hydroxylation is 1. The molecule has 1 saturated heterocycles. The number of rotatable bonds is 3. The van der Waals surface area contributed by atoms with E-state index < -0.39 is 17.6 Å². The Morgan fingerprint density at radius 1 is 1.25 bits per heavy atom. The van der Waals surface area contributed by atoms with Crippen LogP contribution in [0.2, 0.25) is 0 Å². The lowest BCUT2D eigenvalue weighted by molar-refractivity contribution is -0.162. The molecule has 0 saturated carbocycles. The molecule has 0 radical (unpaired) electrons. The Kier molecular flexibility index (Phi) is 5.21. The van der Waals surface area contributed by atoms with Gasteiger partial charge in [-0.15, -0.1) is 5.10 Å². The zero-order valence-corrected chi connectivity index (χ0v) is 15.3. The lowest BCUT2D eigenvalue weighted by Crippen LogP contribution is -2.50. The first-order valence-electron chi connectivity index (χ1n) is 8.52. The van der Waals surface area contributed by atoms with Crippen LogP contribution in [0.5, 0.6) is 0 Å². The third-order valence-corrected chi connectivity index (χ3v) is 4.28. The monoisotopic (exact) mass is 393 g/mol. The third kappa shape index (κ3) is 4.21. The van der Waals surface area contributed by atoms with E-state index in [1.54, 1.807) is 13.0 Å². The quantitative estimate of drug-likeness (QED) is 0.752. The normalized spacial score (nSPS) is 15.5. The molecule has 1 aliphatic heterocycles. The number of nitrogens with zero attached hydrogens (tertiary/aromatic N) is 5. The summed E-state index contributed by atoms with van der Waals surface area (Å²) in [5.74, 6) is -0.435. The zero-order chi connectivity index (χ0) is 20.5. The van der Waals surface area contributed by atoms with E-state index in [-0.39, 0.29) is 17.3 Å². The van der Waals surface area contributed by atoms with Crippen molar-refractivity contribution >= 4 is 18.0 Å². The minimum Gasteiger partial charge on any atom is -0.273 e. The highest BCUT2D eigenvalue weighted by Gasteiger charge is 2.31. The van der Waals surface area contributed by atoms with Gasteiger partial charge in [0.15, 0.2) is 5.82 Å². The fourth-order valence-electron chi connectivity index (χ4n) is 2.87. The molecule has 2 aromatic rings. The molecule has 1 fully saturated rings. The largest absolute Gasteiger partial charge is 0.416 e. The highest BCUT2D eigenvalue weighted by atomic mass is 19.4. The van der Waals surface area contributed by atoms with Crippen LogP contribution >= 0.6 is 0 Å². The molecule has 0 aliphatic carbocycles. The maximum absolute atomic E-state index is 13.0. The SMILES string of the molecule is Cc1cc(-c2ncn(/C=C\C(=O)N3CCCC(=O)N3C)n2)cc(C(F)(F)F)c1. The first-order valence-corrected chi connectivity index (χ1v) is 8.52. The molecule has 0 unspecified atom stereocenters.